The van der Waals surface area contributed by atoms with Crippen molar-refractivity contribution in [3.05, 3.63) is 0 Å². The topological polar surface area (TPSA) is 27.7 Å². The Morgan fingerprint density at radius 3 is 2.55 bits per heavy atom. The molecular formula is C16H31N3O. The van der Waals surface area contributed by atoms with Crippen molar-refractivity contribution >= 4 is 0 Å². The zero-order valence-electron chi connectivity index (χ0n) is 13.0. The molecule has 4 heteroatoms. The van der Waals surface area contributed by atoms with Crippen molar-refractivity contribution in [3.63, 3.8) is 0 Å². The van der Waals surface area contributed by atoms with E-state index in [1.165, 1.54) is 52.0 Å². The summed E-state index contributed by atoms with van der Waals surface area (Å²) < 4.78 is 5.51. The number of piperidine rings is 1. The number of likely N-dealkylation sites (tertiary alicyclic amines) is 1. The van der Waals surface area contributed by atoms with Crippen LogP contribution in [-0.4, -0.2) is 74.9 Å². The Labute approximate surface area is 123 Å². The molecule has 20 heavy (non-hydrogen) atoms. The van der Waals surface area contributed by atoms with E-state index >= 15 is 0 Å². The van der Waals surface area contributed by atoms with Crippen molar-refractivity contribution in [2.75, 3.05) is 59.0 Å². The number of rotatable bonds is 4. The van der Waals surface area contributed by atoms with Crippen molar-refractivity contribution in [3.8, 4) is 0 Å². The molecule has 0 aromatic carbocycles. The van der Waals surface area contributed by atoms with Gasteiger partial charge in [0.05, 0.1) is 13.2 Å². The van der Waals surface area contributed by atoms with Crippen LogP contribution in [0.2, 0.25) is 0 Å². The van der Waals surface area contributed by atoms with E-state index < -0.39 is 0 Å². The maximum atomic E-state index is 5.51. The highest BCUT2D eigenvalue weighted by molar-refractivity contribution is 4.91. The molecule has 3 aliphatic rings. The third-order valence-corrected chi connectivity index (χ3v) is 5.50. The molecule has 0 aliphatic carbocycles. The maximum absolute atomic E-state index is 5.51. The average molecular weight is 281 g/mol. The van der Waals surface area contributed by atoms with Crippen LogP contribution in [0.15, 0.2) is 0 Å². The van der Waals surface area contributed by atoms with Gasteiger partial charge in [0.1, 0.15) is 0 Å². The number of nitrogens with zero attached hydrogens (tertiary/aromatic N) is 2. The van der Waals surface area contributed by atoms with Gasteiger partial charge < -0.3 is 15.0 Å². The van der Waals surface area contributed by atoms with Gasteiger partial charge in [0.15, 0.2) is 0 Å². The van der Waals surface area contributed by atoms with E-state index in [2.05, 4.69) is 22.0 Å². The van der Waals surface area contributed by atoms with Crippen molar-refractivity contribution in [2.45, 2.75) is 32.2 Å². The largest absolute Gasteiger partial charge is 0.379 e. The molecular weight excluding hydrogens is 250 g/mol. The molecule has 3 fully saturated rings. The molecule has 0 radical (unpaired) electrons. The van der Waals surface area contributed by atoms with E-state index in [-0.39, 0.29) is 0 Å². The summed E-state index contributed by atoms with van der Waals surface area (Å²) in [4.78, 5) is 5.45. The molecule has 0 amide bonds. The van der Waals surface area contributed by atoms with Crippen LogP contribution in [0, 0.1) is 11.8 Å². The summed E-state index contributed by atoms with van der Waals surface area (Å²) >= 11 is 0. The Morgan fingerprint density at radius 1 is 1.10 bits per heavy atom. The van der Waals surface area contributed by atoms with Crippen molar-refractivity contribution < 1.29 is 4.74 Å². The van der Waals surface area contributed by atoms with Crippen LogP contribution in [-0.2, 0) is 4.74 Å². The summed E-state index contributed by atoms with van der Waals surface area (Å²) in [7, 11) is 0. The molecule has 0 saturated carbocycles. The summed E-state index contributed by atoms with van der Waals surface area (Å²) in [6.07, 6.45) is 4.07. The quantitative estimate of drug-likeness (QED) is 0.833. The van der Waals surface area contributed by atoms with Crippen LogP contribution in [0.5, 0.6) is 0 Å². The molecule has 0 aromatic heterocycles. The number of morpholine rings is 1. The Bertz CT molecular complexity index is 287. The number of hydrogen-bond donors (Lipinski definition) is 1. The lowest BCUT2D eigenvalue weighted by atomic mass is 9.97. The van der Waals surface area contributed by atoms with Crippen LogP contribution >= 0.6 is 0 Å². The van der Waals surface area contributed by atoms with Gasteiger partial charge in [-0.15, -0.1) is 0 Å². The van der Waals surface area contributed by atoms with E-state index in [9.17, 15) is 0 Å². The van der Waals surface area contributed by atoms with E-state index in [1.54, 1.807) is 0 Å². The van der Waals surface area contributed by atoms with Crippen molar-refractivity contribution in [1.82, 2.24) is 15.1 Å². The minimum Gasteiger partial charge on any atom is -0.379 e. The van der Waals surface area contributed by atoms with Gasteiger partial charge in [-0.2, -0.15) is 0 Å². The second-order valence-corrected chi connectivity index (χ2v) is 6.80. The van der Waals surface area contributed by atoms with Crippen LogP contribution < -0.4 is 5.32 Å². The molecule has 116 valence electrons. The number of nitrogens with one attached hydrogen (secondary N) is 1. The van der Waals surface area contributed by atoms with Gasteiger partial charge in [-0.05, 0) is 37.8 Å². The minimum absolute atomic E-state index is 0.783. The Morgan fingerprint density at radius 2 is 1.85 bits per heavy atom. The lowest BCUT2D eigenvalue weighted by Gasteiger charge is -2.35. The van der Waals surface area contributed by atoms with Gasteiger partial charge in [-0.3, -0.25) is 4.90 Å². The first kappa shape index (κ1) is 14.8. The van der Waals surface area contributed by atoms with E-state index in [0.29, 0.717) is 0 Å². The van der Waals surface area contributed by atoms with Crippen LogP contribution in [0.3, 0.4) is 0 Å². The standard InChI is InChI=1S/C16H31N3O/c1-2-15-12-18(11-14-3-5-17-6-4-14)13-16(15)19-7-9-20-10-8-19/h14-17H,2-13H2,1H3. The van der Waals surface area contributed by atoms with Gasteiger partial charge in [0.25, 0.3) is 0 Å². The molecule has 2 atom stereocenters. The molecule has 3 heterocycles. The van der Waals surface area contributed by atoms with Gasteiger partial charge >= 0.3 is 0 Å². The number of ether oxygens (including phenoxy) is 1. The second kappa shape index (κ2) is 7.21. The number of hydrogen-bond acceptors (Lipinski definition) is 4. The third kappa shape index (κ3) is 3.53. The highest BCUT2D eigenvalue weighted by Gasteiger charge is 2.36. The molecule has 0 bridgehead atoms. The predicted molar refractivity (Wildman–Crippen MR) is 82.0 cm³/mol. The Balaban J connectivity index is 1.53. The van der Waals surface area contributed by atoms with Crippen molar-refractivity contribution in [1.29, 1.82) is 0 Å². The van der Waals surface area contributed by atoms with Gasteiger partial charge in [-0.1, -0.05) is 13.3 Å². The fourth-order valence-corrected chi connectivity index (χ4v) is 4.24. The third-order valence-electron chi connectivity index (χ3n) is 5.50. The molecule has 0 aromatic rings. The SMILES string of the molecule is CCC1CN(CC2CCNCC2)CC1N1CCOCC1. The van der Waals surface area contributed by atoms with Crippen LogP contribution in [0.1, 0.15) is 26.2 Å². The first-order valence-electron chi connectivity index (χ1n) is 8.61. The lowest BCUT2D eigenvalue weighted by Crippen LogP contribution is -2.47. The summed E-state index contributed by atoms with van der Waals surface area (Å²) in [5, 5.41) is 3.48. The monoisotopic (exact) mass is 281 g/mol. The molecule has 1 N–H and O–H groups in total. The lowest BCUT2D eigenvalue weighted by molar-refractivity contribution is 0.00998. The average Bonchev–Trinajstić information content (AvgIpc) is 2.92. The van der Waals surface area contributed by atoms with Crippen LogP contribution in [0.4, 0.5) is 0 Å². The Hall–Kier alpha value is -0.160. The van der Waals surface area contributed by atoms with Gasteiger partial charge in [-0.25, -0.2) is 0 Å². The molecule has 2 unspecified atom stereocenters. The van der Waals surface area contributed by atoms with Gasteiger partial charge in [0, 0.05) is 38.8 Å². The fraction of sp³-hybridized carbons (Fsp3) is 1.00. The summed E-state index contributed by atoms with van der Waals surface area (Å²) in [5.74, 6) is 1.80. The zero-order chi connectivity index (χ0) is 13.8. The molecule has 3 rings (SSSR count). The molecule has 3 saturated heterocycles. The second-order valence-electron chi connectivity index (χ2n) is 6.80. The molecule has 4 nitrogen and oxygen atoms in total. The molecule has 3 aliphatic heterocycles. The summed E-state index contributed by atoms with van der Waals surface area (Å²) in [6.45, 7) is 12.9. The Kier molecular flexibility index (Phi) is 5.32. The summed E-state index contributed by atoms with van der Waals surface area (Å²) in [5.41, 5.74) is 0. The summed E-state index contributed by atoms with van der Waals surface area (Å²) in [6, 6.07) is 0.783. The van der Waals surface area contributed by atoms with Crippen LogP contribution in [0.25, 0.3) is 0 Å². The highest BCUT2D eigenvalue weighted by atomic mass is 16.5. The van der Waals surface area contributed by atoms with E-state index in [0.717, 1.165) is 44.2 Å². The fourth-order valence-electron chi connectivity index (χ4n) is 4.24. The maximum Gasteiger partial charge on any atom is 0.0594 e. The zero-order valence-corrected chi connectivity index (χ0v) is 13.0. The van der Waals surface area contributed by atoms with Crippen molar-refractivity contribution in [2.24, 2.45) is 11.8 Å². The normalized spacial score (nSPS) is 34.6. The highest BCUT2D eigenvalue weighted by Crippen LogP contribution is 2.27. The van der Waals surface area contributed by atoms with Gasteiger partial charge in [0.2, 0.25) is 0 Å². The smallest absolute Gasteiger partial charge is 0.0594 e. The predicted octanol–water partition coefficient (Wildman–Crippen LogP) is 1.03. The minimum atomic E-state index is 0.783. The first-order valence-corrected chi connectivity index (χ1v) is 8.61. The van der Waals surface area contributed by atoms with E-state index in [1.807, 2.05) is 0 Å². The first-order chi connectivity index (χ1) is 9.86. The molecule has 0 spiro atoms. The van der Waals surface area contributed by atoms with E-state index in [4.69, 9.17) is 4.74 Å².